The first kappa shape index (κ1) is 33.7. The van der Waals surface area contributed by atoms with Crippen LogP contribution in [0.4, 0.5) is 26.3 Å². The number of amides is 1. The summed E-state index contributed by atoms with van der Waals surface area (Å²) in [4.78, 5) is 21.0. The van der Waals surface area contributed by atoms with Crippen molar-refractivity contribution in [1.82, 2.24) is 19.9 Å². The molecule has 4 rings (SSSR count). The molecule has 1 amide bonds. The van der Waals surface area contributed by atoms with E-state index in [0.29, 0.717) is 37.0 Å². The number of halogens is 7. The van der Waals surface area contributed by atoms with Crippen LogP contribution in [0.5, 0.6) is 5.75 Å². The third-order valence-electron chi connectivity index (χ3n) is 6.92. The molecule has 0 saturated carbocycles. The third-order valence-corrected chi connectivity index (χ3v) is 7.24. The molecular formula is C28H29BrF6N4O5. The molecular weight excluding hydrogens is 666 g/mol. The van der Waals surface area contributed by atoms with Crippen LogP contribution in [0.3, 0.4) is 0 Å². The number of carbonyl (C=O) groups excluding carboxylic acids is 1. The summed E-state index contributed by atoms with van der Waals surface area (Å²) in [5, 5.41) is 3.69. The van der Waals surface area contributed by atoms with Gasteiger partial charge in [-0.05, 0) is 69.8 Å². The highest BCUT2D eigenvalue weighted by atomic mass is 79.9. The van der Waals surface area contributed by atoms with Crippen LogP contribution < -0.4 is 4.74 Å². The second-order valence-electron chi connectivity index (χ2n) is 10.1. The lowest BCUT2D eigenvalue weighted by molar-refractivity contribution is -0.143. The van der Waals surface area contributed by atoms with Crippen LogP contribution in [0.2, 0.25) is 0 Å². The van der Waals surface area contributed by atoms with Crippen LogP contribution in [0, 0.1) is 6.92 Å². The Morgan fingerprint density at radius 3 is 2.36 bits per heavy atom. The summed E-state index contributed by atoms with van der Waals surface area (Å²) in [6.45, 7) is 3.25. The van der Waals surface area contributed by atoms with Gasteiger partial charge in [-0.1, -0.05) is 12.1 Å². The largest absolute Gasteiger partial charge is 0.467 e. The third kappa shape index (κ3) is 8.92. The number of alkyl halides is 6. The summed E-state index contributed by atoms with van der Waals surface area (Å²) >= 11 is 3.12. The molecule has 1 aliphatic rings. The molecule has 16 heteroatoms. The first-order valence-corrected chi connectivity index (χ1v) is 14.1. The fourth-order valence-electron chi connectivity index (χ4n) is 4.74. The van der Waals surface area contributed by atoms with E-state index in [1.54, 1.807) is 13.2 Å². The van der Waals surface area contributed by atoms with Crippen LogP contribution in [-0.4, -0.2) is 78.6 Å². The Labute approximate surface area is 257 Å². The van der Waals surface area contributed by atoms with Crippen molar-refractivity contribution >= 4 is 21.8 Å². The van der Waals surface area contributed by atoms with Crippen molar-refractivity contribution in [2.75, 3.05) is 46.8 Å². The van der Waals surface area contributed by atoms with Gasteiger partial charge >= 0.3 is 12.4 Å². The maximum atomic E-state index is 13.6. The minimum absolute atomic E-state index is 0.00154. The van der Waals surface area contributed by atoms with Gasteiger partial charge in [0.15, 0.2) is 6.79 Å². The standard InChI is InChI=1S/C28H29BrF6N4O5/c1-17-3-4-18(10-23(17)43-16-42-8-7-41-2)9-22-14-38(15-24-36-26(29)37-44-24)5-6-39(22)25(40)19-11-20(27(30,31)32)13-21(12-19)28(33,34)35/h3-4,10-13,22H,5-9,14-16H2,1-2H3/t22-/m1/s1. The van der Waals surface area contributed by atoms with Crippen molar-refractivity contribution in [3.8, 4) is 5.75 Å². The molecule has 0 aliphatic carbocycles. The first-order valence-electron chi connectivity index (χ1n) is 13.3. The summed E-state index contributed by atoms with van der Waals surface area (Å²) in [6, 6.07) is 5.66. The van der Waals surface area contributed by atoms with Crippen molar-refractivity contribution in [2.24, 2.45) is 0 Å². The predicted octanol–water partition coefficient (Wildman–Crippen LogP) is 5.75. The van der Waals surface area contributed by atoms with Gasteiger partial charge in [0.25, 0.3) is 5.91 Å². The van der Waals surface area contributed by atoms with Gasteiger partial charge in [-0.25, -0.2) is 0 Å². The van der Waals surface area contributed by atoms with E-state index < -0.39 is 41.0 Å². The number of methoxy groups -OCH3 is 1. The van der Waals surface area contributed by atoms with Crippen molar-refractivity contribution in [1.29, 1.82) is 0 Å². The molecule has 240 valence electrons. The second kappa shape index (κ2) is 14.3. The molecule has 1 fully saturated rings. The summed E-state index contributed by atoms with van der Waals surface area (Å²) in [5.74, 6) is -0.127. The quantitative estimate of drug-likeness (QED) is 0.143. The van der Waals surface area contributed by atoms with Gasteiger partial charge in [-0.2, -0.15) is 31.3 Å². The smallest absolute Gasteiger partial charge is 0.416 e. The number of aryl methyl sites for hydroxylation is 1. The Hall–Kier alpha value is -3.21. The zero-order valence-electron chi connectivity index (χ0n) is 23.7. The lowest BCUT2D eigenvalue weighted by atomic mass is 9.98. The number of piperazine rings is 1. The van der Waals surface area contributed by atoms with Crippen LogP contribution in [0.1, 0.15) is 38.5 Å². The first-order chi connectivity index (χ1) is 20.7. The van der Waals surface area contributed by atoms with Crippen molar-refractivity contribution < 1.29 is 49.9 Å². The van der Waals surface area contributed by atoms with E-state index in [9.17, 15) is 31.1 Å². The second-order valence-corrected chi connectivity index (χ2v) is 10.8. The van der Waals surface area contributed by atoms with Crippen LogP contribution >= 0.6 is 15.9 Å². The Balaban J connectivity index is 1.62. The highest BCUT2D eigenvalue weighted by Crippen LogP contribution is 2.37. The number of aromatic nitrogens is 2. The van der Waals surface area contributed by atoms with E-state index in [0.717, 1.165) is 11.1 Å². The fraction of sp³-hybridized carbons (Fsp3) is 0.464. The van der Waals surface area contributed by atoms with Crippen LogP contribution in [0.15, 0.2) is 45.7 Å². The zero-order valence-corrected chi connectivity index (χ0v) is 25.3. The monoisotopic (exact) mass is 694 g/mol. The van der Waals surface area contributed by atoms with E-state index in [1.807, 2.05) is 24.0 Å². The van der Waals surface area contributed by atoms with Gasteiger partial charge in [0.2, 0.25) is 10.6 Å². The maximum Gasteiger partial charge on any atom is 0.416 e. The summed E-state index contributed by atoms with van der Waals surface area (Å²) in [5.41, 5.74) is -2.27. The fourth-order valence-corrected chi connectivity index (χ4v) is 5.01. The molecule has 1 saturated heterocycles. The van der Waals surface area contributed by atoms with E-state index in [-0.39, 0.29) is 50.2 Å². The van der Waals surface area contributed by atoms with Crippen molar-refractivity contribution in [3.63, 3.8) is 0 Å². The Kier molecular flexibility index (Phi) is 10.9. The zero-order chi connectivity index (χ0) is 32.1. The van der Waals surface area contributed by atoms with Gasteiger partial charge in [0.1, 0.15) is 5.75 Å². The molecule has 1 aromatic heterocycles. The minimum Gasteiger partial charge on any atom is -0.467 e. The van der Waals surface area contributed by atoms with Crippen LogP contribution in [-0.2, 0) is 34.8 Å². The number of nitrogens with zero attached hydrogens (tertiary/aromatic N) is 4. The molecule has 3 aromatic rings. The van der Waals surface area contributed by atoms with Crippen molar-refractivity contribution in [2.45, 2.75) is 38.3 Å². The molecule has 2 aromatic carbocycles. The Bertz CT molecular complexity index is 1400. The van der Waals surface area contributed by atoms with Gasteiger partial charge in [-0.3, -0.25) is 9.69 Å². The molecule has 0 N–H and O–H groups in total. The molecule has 0 bridgehead atoms. The van der Waals surface area contributed by atoms with E-state index >= 15 is 0 Å². The van der Waals surface area contributed by atoms with Gasteiger partial charge in [-0.15, -0.1) is 0 Å². The lowest BCUT2D eigenvalue weighted by Gasteiger charge is -2.41. The topological polar surface area (TPSA) is 90.2 Å². The molecule has 1 aliphatic heterocycles. The predicted molar refractivity (Wildman–Crippen MR) is 147 cm³/mol. The minimum atomic E-state index is -5.09. The average Bonchev–Trinajstić information content (AvgIpc) is 3.37. The number of hydrogen-bond acceptors (Lipinski definition) is 8. The van der Waals surface area contributed by atoms with Crippen LogP contribution in [0.25, 0.3) is 0 Å². The SMILES string of the molecule is COCCOCOc1cc(C[C@@H]2CN(Cc3nc(Br)no3)CCN2C(=O)c2cc(C(F)(F)F)cc(C(F)(F)F)c2)ccc1C. The Morgan fingerprint density at radius 2 is 1.75 bits per heavy atom. The highest BCUT2D eigenvalue weighted by Gasteiger charge is 2.39. The lowest BCUT2D eigenvalue weighted by Crippen LogP contribution is -2.55. The van der Waals surface area contributed by atoms with Crippen molar-refractivity contribution in [3.05, 3.63) is 74.8 Å². The number of hydrogen-bond donors (Lipinski definition) is 0. The number of benzene rings is 2. The Morgan fingerprint density at radius 1 is 1.05 bits per heavy atom. The van der Waals surface area contributed by atoms with E-state index in [1.165, 1.54) is 4.90 Å². The van der Waals surface area contributed by atoms with Gasteiger partial charge in [0, 0.05) is 38.3 Å². The molecule has 0 unspecified atom stereocenters. The molecule has 9 nitrogen and oxygen atoms in total. The molecule has 0 radical (unpaired) electrons. The van der Waals surface area contributed by atoms with Gasteiger partial charge < -0.3 is 23.6 Å². The number of ether oxygens (including phenoxy) is 3. The van der Waals surface area contributed by atoms with Gasteiger partial charge in [0.05, 0.1) is 30.9 Å². The molecule has 44 heavy (non-hydrogen) atoms. The average molecular weight is 695 g/mol. The maximum absolute atomic E-state index is 13.6. The summed E-state index contributed by atoms with van der Waals surface area (Å²) < 4.78 is 103. The number of carbonyl (C=O) groups is 1. The van der Waals surface area contributed by atoms with E-state index in [4.69, 9.17) is 18.7 Å². The summed E-state index contributed by atoms with van der Waals surface area (Å²) in [6.07, 6.45) is -9.95. The normalized spacial score (nSPS) is 16.4. The number of rotatable bonds is 11. The van der Waals surface area contributed by atoms with E-state index in [2.05, 4.69) is 26.1 Å². The molecule has 1 atom stereocenters. The molecule has 0 spiro atoms. The summed E-state index contributed by atoms with van der Waals surface area (Å²) in [7, 11) is 1.54. The highest BCUT2D eigenvalue weighted by molar-refractivity contribution is 9.10. The molecule has 2 heterocycles.